The van der Waals surface area contributed by atoms with Gasteiger partial charge in [-0.05, 0) is 63.0 Å². The van der Waals surface area contributed by atoms with Crippen molar-refractivity contribution in [3.05, 3.63) is 68.1 Å². The molecule has 1 aromatic heterocycles. The van der Waals surface area contributed by atoms with Gasteiger partial charge >= 0.3 is 0 Å². The Hall–Kier alpha value is -0.910. The molecule has 0 radical (unpaired) electrons. The third-order valence-corrected chi connectivity index (χ3v) is 6.04. The highest BCUT2D eigenvalue weighted by molar-refractivity contribution is 14.1. The van der Waals surface area contributed by atoms with E-state index < -0.39 is 6.10 Å². The molecule has 1 atom stereocenters. The van der Waals surface area contributed by atoms with Crippen LogP contribution in [0.15, 0.2) is 47.8 Å². The Labute approximate surface area is 136 Å². The summed E-state index contributed by atoms with van der Waals surface area (Å²) in [5.74, 6) is 0. The van der Waals surface area contributed by atoms with Crippen LogP contribution >= 0.6 is 33.9 Å². The van der Waals surface area contributed by atoms with Gasteiger partial charge in [-0.1, -0.05) is 36.4 Å². The van der Waals surface area contributed by atoms with Crippen LogP contribution < -0.4 is 0 Å². The number of aliphatic hydroxyl groups is 1. The molecule has 3 rings (SSSR count). The van der Waals surface area contributed by atoms with Crippen molar-refractivity contribution in [1.82, 2.24) is 0 Å². The second kappa shape index (κ2) is 5.84. The highest BCUT2D eigenvalue weighted by Crippen LogP contribution is 2.31. The van der Waals surface area contributed by atoms with Crippen molar-refractivity contribution in [1.29, 1.82) is 0 Å². The molecule has 1 N–H and O–H groups in total. The molecule has 1 heterocycles. The fourth-order valence-electron chi connectivity index (χ4n) is 2.44. The number of hydrogen-bond donors (Lipinski definition) is 1. The van der Waals surface area contributed by atoms with Crippen molar-refractivity contribution in [2.75, 3.05) is 0 Å². The summed E-state index contributed by atoms with van der Waals surface area (Å²) < 4.78 is 2.45. The number of benzene rings is 2. The van der Waals surface area contributed by atoms with Crippen molar-refractivity contribution in [3.63, 3.8) is 0 Å². The SMILES string of the molecule is Cc1cccc(C(O)Cc2csc3ccccc23)c1I. The highest BCUT2D eigenvalue weighted by Gasteiger charge is 2.15. The number of aliphatic hydroxyl groups excluding tert-OH is 1. The molecule has 3 aromatic rings. The van der Waals surface area contributed by atoms with E-state index in [2.05, 4.69) is 65.2 Å². The molecule has 0 fully saturated rings. The van der Waals surface area contributed by atoms with Crippen molar-refractivity contribution >= 4 is 44.0 Å². The van der Waals surface area contributed by atoms with Crippen LogP contribution in [0.2, 0.25) is 0 Å². The first-order valence-corrected chi connectivity index (χ1v) is 8.51. The second-order valence-electron chi connectivity index (χ2n) is 4.96. The topological polar surface area (TPSA) is 20.2 Å². The van der Waals surface area contributed by atoms with Gasteiger partial charge < -0.3 is 5.11 Å². The van der Waals surface area contributed by atoms with Crippen LogP contribution in [0.25, 0.3) is 10.1 Å². The second-order valence-corrected chi connectivity index (χ2v) is 6.95. The maximum absolute atomic E-state index is 10.6. The number of hydrogen-bond acceptors (Lipinski definition) is 2. The van der Waals surface area contributed by atoms with Crippen LogP contribution in [0.4, 0.5) is 0 Å². The molecular formula is C17H15IOS. The normalized spacial score (nSPS) is 12.8. The minimum Gasteiger partial charge on any atom is -0.388 e. The molecule has 3 heteroatoms. The summed E-state index contributed by atoms with van der Waals surface area (Å²) in [4.78, 5) is 0. The number of aryl methyl sites for hydroxylation is 1. The van der Waals surface area contributed by atoms with Crippen molar-refractivity contribution in [2.45, 2.75) is 19.4 Å². The van der Waals surface area contributed by atoms with Gasteiger partial charge in [0.15, 0.2) is 0 Å². The van der Waals surface area contributed by atoms with Gasteiger partial charge in [0.1, 0.15) is 0 Å². The highest BCUT2D eigenvalue weighted by atomic mass is 127. The predicted molar refractivity (Wildman–Crippen MR) is 94.4 cm³/mol. The first kappa shape index (κ1) is 14.0. The monoisotopic (exact) mass is 394 g/mol. The molecule has 1 nitrogen and oxygen atoms in total. The van der Waals surface area contributed by atoms with Gasteiger partial charge in [0.25, 0.3) is 0 Å². The lowest BCUT2D eigenvalue weighted by Crippen LogP contribution is -2.04. The zero-order valence-corrected chi connectivity index (χ0v) is 14.1. The zero-order valence-electron chi connectivity index (χ0n) is 11.1. The van der Waals surface area contributed by atoms with Crippen LogP contribution in [0.3, 0.4) is 0 Å². The summed E-state index contributed by atoms with van der Waals surface area (Å²) in [6.07, 6.45) is 0.225. The van der Waals surface area contributed by atoms with Gasteiger partial charge in [0, 0.05) is 14.7 Å². The van der Waals surface area contributed by atoms with Gasteiger partial charge in [0.2, 0.25) is 0 Å². The van der Waals surface area contributed by atoms with Crippen molar-refractivity contribution in [2.24, 2.45) is 0 Å². The van der Waals surface area contributed by atoms with Gasteiger partial charge in [-0.15, -0.1) is 11.3 Å². The number of thiophene rings is 1. The van der Waals surface area contributed by atoms with Crippen LogP contribution in [0.1, 0.15) is 22.8 Å². The van der Waals surface area contributed by atoms with Gasteiger partial charge in [0.05, 0.1) is 6.10 Å². The minimum absolute atomic E-state index is 0.445. The number of rotatable bonds is 3. The Bertz CT molecular complexity index is 748. The lowest BCUT2D eigenvalue weighted by molar-refractivity contribution is 0.178. The molecule has 0 aliphatic carbocycles. The molecule has 1 unspecified atom stereocenters. The molecule has 0 aliphatic heterocycles. The molecule has 0 bridgehead atoms. The maximum atomic E-state index is 10.6. The number of fused-ring (bicyclic) bond motifs is 1. The van der Waals surface area contributed by atoms with Crippen molar-refractivity contribution in [3.8, 4) is 0 Å². The van der Waals surface area contributed by atoms with E-state index >= 15 is 0 Å². The van der Waals surface area contributed by atoms with E-state index in [1.807, 2.05) is 12.1 Å². The summed E-state index contributed by atoms with van der Waals surface area (Å²) in [7, 11) is 0. The summed E-state index contributed by atoms with van der Waals surface area (Å²) >= 11 is 4.07. The van der Waals surface area contributed by atoms with Gasteiger partial charge in [-0.3, -0.25) is 0 Å². The molecular weight excluding hydrogens is 379 g/mol. The maximum Gasteiger partial charge on any atom is 0.0841 e. The van der Waals surface area contributed by atoms with E-state index in [9.17, 15) is 5.11 Å². The number of halogens is 1. The summed E-state index contributed by atoms with van der Waals surface area (Å²) in [6.45, 7) is 2.08. The van der Waals surface area contributed by atoms with Gasteiger partial charge in [-0.2, -0.15) is 0 Å². The Morgan fingerprint density at radius 1 is 1.15 bits per heavy atom. The van der Waals surface area contributed by atoms with E-state index in [1.165, 1.54) is 21.2 Å². The Balaban J connectivity index is 1.92. The third-order valence-electron chi connectivity index (χ3n) is 3.56. The van der Waals surface area contributed by atoms with Crippen LogP contribution in [0.5, 0.6) is 0 Å². The summed E-state index contributed by atoms with van der Waals surface area (Å²) in [5, 5.41) is 14.0. The Morgan fingerprint density at radius 2 is 1.95 bits per heavy atom. The molecule has 0 saturated carbocycles. The average Bonchev–Trinajstić information content (AvgIpc) is 2.85. The molecule has 102 valence electrons. The van der Waals surface area contributed by atoms with Crippen LogP contribution in [-0.2, 0) is 6.42 Å². The van der Waals surface area contributed by atoms with Crippen LogP contribution in [-0.4, -0.2) is 5.11 Å². The molecule has 20 heavy (non-hydrogen) atoms. The first-order valence-electron chi connectivity index (χ1n) is 6.55. The zero-order chi connectivity index (χ0) is 14.1. The largest absolute Gasteiger partial charge is 0.388 e. The molecule has 0 spiro atoms. The quantitative estimate of drug-likeness (QED) is 0.614. The van der Waals surface area contributed by atoms with E-state index in [-0.39, 0.29) is 0 Å². The molecule has 2 aromatic carbocycles. The van der Waals surface area contributed by atoms with Crippen molar-refractivity contribution < 1.29 is 5.11 Å². The summed E-state index contributed by atoms with van der Waals surface area (Å²) in [5.41, 5.74) is 3.48. The lowest BCUT2D eigenvalue weighted by Gasteiger charge is -2.14. The lowest BCUT2D eigenvalue weighted by atomic mass is 10.00. The average molecular weight is 394 g/mol. The fraction of sp³-hybridized carbons (Fsp3) is 0.176. The van der Waals surface area contributed by atoms with E-state index in [1.54, 1.807) is 11.3 Å². The van der Waals surface area contributed by atoms with E-state index in [4.69, 9.17) is 0 Å². The Morgan fingerprint density at radius 3 is 2.80 bits per heavy atom. The minimum atomic E-state index is -0.445. The van der Waals surface area contributed by atoms with E-state index in [0.717, 1.165) is 9.13 Å². The molecule has 0 saturated heterocycles. The first-order chi connectivity index (χ1) is 9.66. The van der Waals surface area contributed by atoms with Crippen LogP contribution in [0, 0.1) is 10.5 Å². The third kappa shape index (κ3) is 2.62. The van der Waals surface area contributed by atoms with E-state index in [0.29, 0.717) is 6.42 Å². The Kier molecular flexibility index (Phi) is 4.10. The molecule has 0 aliphatic rings. The molecule has 0 amide bonds. The fourth-order valence-corrected chi connectivity index (χ4v) is 4.13. The predicted octanol–water partition coefficient (Wildman–Crippen LogP) is 5.09. The van der Waals surface area contributed by atoms with Gasteiger partial charge in [-0.25, -0.2) is 0 Å². The standard InChI is InChI=1S/C17H15IOS/c1-11-5-4-7-14(17(11)18)15(19)9-12-10-20-16-8-3-2-6-13(12)16/h2-8,10,15,19H,9H2,1H3. The smallest absolute Gasteiger partial charge is 0.0841 e. The summed E-state index contributed by atoms with van der Waals surface area (Å²) in [6, 6.07) is 14.5.